The Labute approximate surface area is 155 Å². The standard InChI is InChI=1S/C19H18N2O4S/c1-20-19(24)21-17(22)16(12-7-3-2-4-8-12)25-18(23)15-11-13-9-5-6-10-14(13)26-15/h2-10,15-16H,11H2,1H3,(H2,20,21,22,24). The second-order valence-corrected chi connectivity index (χ2v) is 6.96. The molecule has 26 heavy (non-hydrogen) atoms. The van der Waals surface area contributed by atoms with Crippen molar-refractivity contribution in [3.63, 3.8) is 0 Å². The van der Waals surface area contributed by atoms with Crippen molar-refractivity contribution in [3.8, 4) is 0 Å². The van der Waals surface area contributed by atoms with Gasteiger partial charge < -0.3 is 10.1 Å². The number of carbonyl (C=O) groups excluding carboxylic acids is 3. The van der Waals surface area contributed by atoms with Gasteiger partial charge >= 0.3 is 12.0 Å². The fourth-order valence-electron chi connectivity index (χ4n) is 2.65. The molecule has 3 amide bonds. The van der Waals surface area contributed by atoms with Crippen molar-refractivity contribution in [2.24, 2.45) is 0 Å². The molecule has 1 aliphatic rings. The highest BCUT2D eigenvalue weighted by molar-refractivity contribution is 8.01. The van der Waals surface area contributed by atoms with Crippen LogP contribution in [0.2, 0.25) is 0 Å². The first-order valence-corrected chi connectivity index (χ1v) is 8.99. The molecule has 0 bridgehead atoms. The van der Waals surface area contributed by atoms with Crippen LogP contribution in [0.1, 0.15) is 17.2 Å². The minimum atomic E-state index is -1.19. The van der Waals surface area contributed by atoms with Crippen LogP contribution < -0.4 is 10.6 Å². The second-order valence-electron chi connectivity index (χ2n) is 5.71. The number of thioether (sulfide) groups is 1. The summed E-state index contributed by atoms with van der Waals surface area (Å²) in [5.41, 5.74) is 1.59. The van der Waals surface area contributed by atoms with Crippen molar-refractivity contribution >= 4 is 29.7 Å². The topological polar surface area (TPSA) is 84.5 Å². The summed E-state index contributed by atoms with van der Waals surface area (Å²) >= 11 is 1.43. The fraction of sp³-hybridized carbons (Fsp3) is 0.211. The first kappa shape index (κ1) is 18.0. The van der Waals surface area contributed by atoms with Crippen LogP contribution in [-0.2, 0) is 20.7 Å². The molecule has 2 atom stereocenters. The van der Waals surface area contributed by atoms with E-state index in [0.717, 1.165) is 10.5 Å². The lowest BCUT2D eigenvalue weighted by Crippen LogP contribution is -2.41. The van der Waals surface area contributed by atoms with Crippen LogP contribution in [0.25, 0.3) is 0 Å². The summed E-state index contributed by atoms with van der Waals surface area (Å²) in [7, 11) is 1.40. The molecule has 1 aliphatic heterocycles. The maximum absolute atomic E-state index is 12.6. The van der Waals surface area contributed by atoms with Gasteiger partial charge in [-0.1, -0.05) is 48.5 Å². The number of ether oxygens (including phenoxy) is 1. The zero-order valence-corrected chi connectivity index (χ0v) is 14.9. The van der Waals surface area contributed by atoms with Crippen LogP contribution in [0, 0.1) is 0 Å². The molecule has 1 heterocycles. The van der Waals surface area contributed by atoms with E-state index in [1.807, 2.05) is 24.3 Å². The molecule has 7 heteroatoms. The van der Waals surface area contributed by atoms with Gasteiger partial charge in [0.25, 0.3) is 5.91 Å². The highest BCUT2D eigenvalue weighted by atomic mass is 32.2. The monoisotopic (exact) mass is 370 g/mol. The second kappa shape index (κ2) is 8.05. The Morgan fingerprint density at radius 3 is 2.46 bits per heavy atom. The molecule has 0 aliphatic carbocycles. The predicted octanol–water partition coefficient (Wildman–Crippen LogP) is 2.44. The van der Waals surface area contributed by atoms with E-state index in [9.17, 15) is 14.4 Å². The van der Waals surface area contributed by atoms with E-state index >= 15 is 0 Å². The van der Waals surface area contributed by atoms with E-state index in [0.29, 0.717) is 12.0 Å². The van der Waals surface area contributed by atoms with Crippen LogP contribution in [0.3, 0.4) is 0 Å². The number of rotatable bonds is 4. The Morgan fingerprint density at radius 1 is 1.08 bits per heavy atom. The number of hydrogen-bond acceptors (Lipinski definition) is 5. The zero-order chi connectivity index (χ0) is 18.5. The third-order valence-electron chi connectivity index (χ3n) is 3.95. The predicted molar refractivity (Wildman–Crippen MR) is 97.7 cm³/mol. The van der Waals surface area contributed by atoms with Crippen molar-refractivity contribution in [3.05, 3.63) is 65.7 Å². The Morgan fingerprint density at radius 2 is 1.77 bits per heavy atom. The molecule has 2 N–H and O–H groups in total. The molecule has 0 saturated heterocycles. The molecule has 2 aromatic rings. The fourth-order valence-corrected chi connectivity index (χ4v) is 3.83. The third kappa shape index (κ3) is 4.05. The molecule has 0 spiro atoms. The van der Waals surface area contributed by atoms with Crippen LogP contribution >= 0.6 is 11.8 Å². The van der Waals surface area contributed by atoms with Gasteiger partial charge in [0.2, 0.25) is 6.10 Å². The lowest BCUT2D eigenvalue weighted by atomic mass is 10.1. The number of nitrogens with one attached hydrogen (secondary N) is 2. The number of amides is 3. The van der Waals surface area contributed by atoms with Crippen molar-refractivity contribution in [2.75, 3.05) is 7.05 Å². The molecule has 0 saturated carbocycles. The molecule has 134 valence electrons. The van der Waals surface area contributed by atoms with E-state index in [2.05, 4.69) is 10.6 Å². The number of urea groups is 1. The van der Waals surface area contributed by atoms with Gasteiger partial charge in [0.05, 0.1) is 0 Å². The van der Waals surface area contributed by atoms with Gasteiger partial charge in [-0.3, -0.25) is 14.9 Å². The summed E-state index contributed by atoms with van der Waals surface area (Å²) in [6.07, 6.45) is -0.636. The molecule has 0 radical (unpaired) electrons. The van der Waals surface area contributed by atoms with Crippen LogP contribution in [0.4, 0.5) is 4.79 Å². The smallest absolute Gasteiger partial charge is 0.321 e. The number of hydrogen-bond donors (Lipinski definition) is 2. The Bertz CT molecular complexity index is 800. The lowest BCUT2D eigenvalue weighted by molar-refractivity contribution is -0.155. The van der Waals surface area contributed by atoms with E-state index < -0.39 is 29.3 Å². The Balaban J connectivity index is 1.74. The number of imide groups is 1. The van der Waals surface area contributed by atoms with Crippen LogP contribution in [-0.4, -0.2) is 30.2 Å². The molecule has 0 aromatic heterocycles. The van der Waals surface area contributed by atoms with Crippen molar-refractivity contribution in [1.82, 2.24) is 10.6 Å². The molecule has 3 rings (SSSR count). The van der Waals surface area contributed by atoms with E-state index in [1.54, 1.807) is 30.3 Å². The van der Waals surface area contributed by atoms with E-state index in [4.69, 9.17) is 4.74 Å². The summed E-state index contributed by atoms with van der Waals surface area (Å²) in [4.78, 5) is 37.6. The maximum Gasteiger partial charge on any atom is 0.321 e. The summed E-state index contributed by atoms with van der Waals surface area (Å²) in [5.74, 6) is -1.17. The molecule has 2 unspecified atom stereocenters. The molecule has 2 aromatic carbocycles. The van der Waals surface area contributed by atoms with Gasteiger partial charge in [0, 0.05) is 17.5 Å². The first-order chi connectivity index (χ1) is 12.6. The Kier molecular flexibility index (Phi) is 5.58. The average molecular weight is 370 g/mol. The van der Waals surface area contributed by atoms with Gasteiger partial charge in [0.15, 0.2) is 0 Å². The average Bonchev–Trinajstić information content (AvgIpc) is 3.10. The number of carbonyl (C=O) groups is 3. The maximum atomic E-state index is 12.6. The summed E-state index contributed by atoms with van der Waals surface area (Å²) in [6.45, 7) is 0. The first-order valence-electron chi connectivity index (χ1n) is 8.11. The van der Waals surface area contributed by atoms with E-state index in [-0.39, 0.29) is 0 Å². The number of esters is 1. The number of benzene rings is 2. The van der Waals surface area contributed by atoms with Gasteiger partial charge in [-0.15, -0.1) is 11.8 Å². The van der Waals surface area contributed by atoms with E-state index in [1.165, 1.54) is 18.8 Å². The third-order valence-corrected chi connectivity index (χ3v) is 5.24. The van der Waals surface area contributed by atoms with Crippen molar-refractivity contribution < 1.29 is 19.1 Å². The molecular weight excluding hydrogens is 352 g/mol. The molecule has 6 nitrogen and oxygen atoms in total. The quantitative estimate of drug-likeness (QED) is 0.808. The summed E-state index contributed by atoms with van der Waals surface area (Å²) in [5, 5.41) is 4.06. The zero-order valence-electron chi connectivity index (χ0n) is 14.1. The van der Waals surface area contributed by atoms with Crippen LogP contribution in [0.5, 0.6) is 0 Å². The summed E-state index contributed by atoms with van der Waals surface area (Å²) in [6, 6.07) is 15.8. The highest BCUT2D eigenvalue weighted by Crippen LogP contribution is 2.38. The SMILES string of the molecule is CNC(=O)NC(=O)C(OC(=O)C1Cc2ccccc2S1)c1ccccc1. The molecular formula is C19H18N2O4S. The van der Waals surface area contributed by atoms with Gasteiger partial charge in [-0.05, 0) is 18.1 Å². The normalized spacial score (nSPS) is 16.3. The lowest BCUT2D eigenvalue weighted by Gasteiger charge is -2.19. The minimum Gasteiger partial charge on any atom is -0.446 e. The van der Waals surface area contributed by atoms with Gasteiger partial charge in [0.1, 0.15) is 5.25 Å². The van der Waals surface area contributed by atoms with Crippen molar-refractivity contribution in [1.29, 1.82) is 0 Å². The highest BCUT2D eigenvalue weighted by Gasteiger charge is 2.33. The minimum absolute atomic E-state index is 0.411. The Hall–Kier alpha value is -2.80. The number of fused-ring (bicyclic) bond motifs is 1. The largest absolute Gasteiger partial charge is 0.446 e. The van der Waals surface area contributed by atoms with Gasteiger partial charge in [-0.25, -0.2) is 4.79 Å². The summed E-state index contributed by atoms with van der Waals surface area (Å²) < 4.78 is 5.51. The van der Waals surface area contributed by atoms with Crippen molar-refractivity contribution in [2.45, 2.75) is 22.7 Å². The molecule has 0 fully saturated rings. The van der Waals surface area contributed by atoms with Crippen LogP contribution in [0.15, 0.2) is 59.5 Å². The van der Waals surface area contributed by atoms with Gasteiger partial charge in [-0.2, -0.15) is 0 Å².